The van der Waals surface area contributed by atoms with Gasteiger partial charge in [0.15, 0.2) is 0 Å². The highest BCUT2D eigenvalue weighted by Gasteiger charge is 2.05. The molecule has 0 atom stereocenters. The monoisotopic (exact) mass is 251 g/mol. The SMILES string of the molecule is NC(=O)Cc1ccc(-c2nc3ccccc3[nH]2)cc1. The van der Waals surface area contributed by atoms with Crippen molar-refractivity contribution in [3.05, 3.63) is 54.1 Å². The minimum Gasteiger partial charge on any atom is -0.369 e. The summed E-state index contributed by atoms with van der Waals surface area (Å²) in [5.41, 5.74) is 9.02. The first-order valence-corrected chi connectivity index (χ1v) is 6.05. The van der Waals surface area contributed by atoms with E-state index in [0.717, 1.165) is 28.0 Å². The first-order chi connectivity index (χ1) is 9.22. The fourth-order valence-electron chi connectivity index (χ4n) is 2.07. The van der Waals surface area contributed by atoms with Crippen LogP contribution in [0, 0.1) is 0 Å². The zero-order valence-corrected chi connectivity index (χ0v) is 10.3. The Morgan fingerprint density at radius 3 is 2.53 bits per heavy atom. The van der Waals surface area contributed by atoms with E-state index >= 15 is 0 Å². The minimum atomic E-state index is -0.323. The fraction of sp³-hybridized carbons (Fsp3) is 0.0667. The van der Waals surface area contributed by atoms with Crippen LogP contribution in [0.15, 0.2) is 48.5 Å². The third-order valence-corrected chi connectivity index (χ3v) is 3.00. The van der Waals surface area contributed by atoms with E-state index in [4.69, 9.17) is 5.73 Å². The molecule has 4 heteroatoms. The molecule has 94 valence electrons. The molecule has 1 aromatic heterocycles. The Morgan fingerprint density at radius 1 is 1.11 bits per heavy atom. The first kappa shape index (κ1) is 11.5. The number of aromatic amines is 1. The van der Waals surface area contributed by atoms with Crippen LogP contribution in [0.5, 0.6) is 0 Å². The Balaban J connectivity index is 1.95. The summed E-state index contributed by atoms with van der Waals surface area (Å²) in [4.78, 5) is 18.6. The first-order valence-electron chi connectivity index (χ1n) is 6.05. The summed E-state index contributed by atoms with van der Waals surface area (Å²) in [6, 6.07) is 15.6. The summed E-state index contributed by atoms with van der Waals surface area (Å²) in [6.07, 6.45) is 0.264. The van der Waals surface area contributed by atoms with Crippen molar-refractivity contribution >= 4 is 16.9 Å². The number of carbonyl (C=O) groups excluding carboxylic acids is 1. The summed E-state index contributed by atoms with van der Waals surface area (Å²) in [7, 11) is 0. The van der Waals surface area contributed by atoms with Crippen LogP contribution in [0.4, 0.5) is 0 Å². The molecule has 0 aliphatic heterocycles. The van der Waals surface area contributed by atoms with Crippen LogP contribution in [0.25, 0.3) is 22.4 Å². The van der Waals surface area contributed by atoms with E-state index < -0.39 is 0 Å². The molecule has 19 heavy (non-hydrogen) atoms. The number of rotatable bonds is 3. The number of carbonyl (C=O) groups is 1. The normalized spacial score (nSPS) is 10.7. The van der Waals surface area contributed by atoms with Crippen LogP contribution >= 0.6 is 0 Å². The van der Waals surface area contributed by atoms with Gasteiger partial charge in [0.25, 0.3) is 0 Å². The molecule has 0 bridgehead atoms. The number of imidazole rings is 1. The third-order valence-electron chi connectivity index (χ3n) is 3.00. The number of hydrogen-bond donors (Lipinski definition) is 2. The van der Waals surface area contributed by atoms with Crippen molar-refractivity contribution in [2.75, 3.05) is 0 Å². The molecule has 0 saturated carbocycles. The fourth-order valence-corrected chi connectivity index (χ4v) is 2.07. The lowest BCUT2D eigenvalue weighted by Gasteiger charge is -2.00. The second-order valence-corrected chi connectivity index (χ2v) is 4.44. The largest absolute Gasteiger partial charge is 0.369 e. The quantitative estimate of drug-likeness (QED) is 0.749. The lowest BCUT2D eigenvalue weighted by Crippen LogP contribution is -2.13. The van der Waals surface area contributed by atoms with E-state index in [9.17, 15) is 4.79 Å². The van der Waals surface area contributed by atoms with E-state index in [1.807, 2.05) is 48.5 Å². The predicted molar refractivity (Wildman–Crippen MR) is 74.4 cm³/mol. The molecule has 0 fully saturated rings. The number of para-hydroxylation sites is 2. The molecule has 0 unspecified atom stereocenters. The van der Waals surface area contributed by atoms with Crippen molar-refractivity contribution in [1.29, 1.82) is 0 Å². The van der Waals surface area contributed by atoms with E-state index in [1.54, 1.807) is 0 Å². The van der Waals surface area contributed by atoms with E-state index in [-0.39, 0.29) is 12.3 Å². The number of nitrogens with two attached hydrogens (primary N) is 1. The van der Waals surface area contributed by atoms with Gasteiger partial charge < -0.3 is 10.7 Å². The maximum atomic E-state index is 10.8. The molecule has 0 saturated heterocycles. The molecule has 0 spiro atoms. The Morgan fingerprint density at radius 2 is 1.84 bits per heavy atom. The van der Waals surface area contributed by atoms with Gasteiger partial charge in [0, 0.05) is 5.56 Å². The van der Waals surface area contributed by atoms with Gasteiger partial charge in [0.2, 0.25) is 5.91 Å². The summed E-state index contributed by atoms with van der Waals surface area (Å²) < 4.78 is 0. The van der Waals surface area contributed by atoms with E-state index in [1.165, 1.54) is 0 Å². The van der Waals surface area contributed by atoms with Crippen LogP contribution in [0.1, 0.15) is 5.56 Å². The van der Waals surface area contributed by atoms with Crippen LogP contribution < -0.4 is 5.73 Å². The van der Waals surface area contributed by atoms with E-state index in [0.29, 0.717) is 0 Å². The predicted octanol–water partition coefficient (Wildman–Crippen LogP) is 2.26. The Hall–Kier alpha value is -2.62. The number of H-pyrrole nitrogens is 1. The van der Waals surface area contributed by atoms with Crippen LogP contribution in [-0.2, 0) is 11.2 Å². The average Bonchev–Trinajstić information content (AvgIpc) is 2.82. The molecule has 3 rings (SSSR count). The van der Waals surface area contributed by atoms with Gasteiger partial charge in [-0.05, 0) is 17.7 Å². The van der Waals surface area contributed by atoms with Crippen molar-refractivity contribution in [2.45, 2.75) is 6.42 Å². The molecule has 0 radical (unpaired) electrons. The topological polar surface area (TPSA) is 71.8 Å². The number of hydrogen-bond acceptors (Lipinski definition) is 2. The van der Waals surface area contributed by atoms with Gasteiger partial charge in [-0.2, -0.15) is 0 Å². The van der Waals surface area contributed by atoms with Gasteiger partial charge >= 0.3 is 0 Å². The molecular formula is C15H13N3O. The number of amides is 1. The minimum absolute atomic E-state index is 0.264. The molecule has 0 aliphatic carbocycles. The van der Waals surface area contributed by atoms with E-state index in [2.05, 4.69) is 9.97 Å². The zero-order valence-electron chi connectivity index (χ0n) is 10.3. The van der Waals surface area contributed by atoms with Gasteiger partial charge in [0.1, 0.15) is 5.82 Å². The van der Waals surface area contributed by atoms with Gasteiger partial charge in [-0.15, -0.1) is 0 Å². The van der Waals surface area contributed by atoms with Crippen LogP contribution in [0.2, 0.25) is 0 Å². The number of benzene rings is 2. The molecule has 4 nitrogen and oxygen atoms in total. The van der Waals surface area contributed by atoms with Gasteiger partial charge in [-0.1, -0.05) is 36.4 Å². The van der Waals surface area contributed by atoms with Crippen molar-refractivity contribution in [2.24, 2.45) is 5.73 Å². The van der Waals surface area contributed by atoms with Gasteiger partial charge in [0.05, 0.1) is 17.5 Å². The molecule has 2 aromatic carbocycles. The number of nitrogens with one attached hydrogen (secondary N) is 1. The molecule has 0 aliphatic rings. The standard InChI is InChI=1S/C15H13N3O/c16-14(19)9-10-5-7-11(8-6-10)15-17-12-3-1-2-4-13(12)18-15/h1-8H,9H2,(H2,16,19)(H,17,18). The summed E-state index contributed by atoms with van der Waals surface area (Å²) in [5, 5.41) is 0. The smallest absolute Gasteiger partial charge is 0.221 e. The van der Waals surface area contributed by atoms with Crippen molar-refractivity contribution < 1.29 is 4.79 Å². The highest BCUT2D eigenvalue weighted by molar-refractivity contribution is 5.79. The van der Waals surface area contributed by atoms with Crippen LogP contribution in [0.3, 0.4) is 0 Å². The Bertz CT molecular complexity index is 695. The van der Waals surface area contributed by atoms with Gasteiger partial charge in [-0.25, -0.2) is 4.98 Å². The maximum absolute atomic E-state index is 10.8. The lowest BCUT2D eigenvalue weighted by molar-refractivity contribution is -0.117. The Labute approximate surface area is 110 Å². The average molecular weight is 251 g/mol. The molecule has 1 heterocycles. The lowest BCUT2D eigenvalue weighted by atomic mass is 10.1. The zero-order chi connectivity index (χ0) is 13.2. The number of primary amides is 1. The summed E-state index contributed by atoms with van der Waals surface area (Å²) in [5.74, 6) is 0.503. The van der Waals surface area contributed by atoms with Crippen molar-refractivity contribution in [3.63, 3.8) is 0 Å². The molecule has 3 N–H and O–H groups in total. The second kappa shape index (κ2) is 4.57. The number of aromatic nitrogens is 2. The molecule has 3 aromatic rings. The van der Waals surface area contributed by atoms with Gasteiger partial charge in [-0.3, -0.25) is 4.79 Å². The van der Waals surface area contributed by atoms with Crippen LogP contribution in [-0.4, -0.2) is 15.9 Å². The van der Waals surface area contributed by atoms with Crippen molar-refractivity contribution in [3.8, 4) is 11.4 Å². The second-order valence-electron chi connectivity index (χ2n) is 4.44. The molecule has 1 amide bonds. The summed E-state index contributed by atoms with van der Waals surface area (Å²) >= 11 is 0. The third kappa shape index (κ3) is 2.33. The number of fused-ring (bicyclic) bond motifs is 1. The molecular weight excluding hydrogens is 238 g/mol. The Kier molecular flexibility index (Phi) is 2.76. The summed E-state index contributed by atoms with van der Waals surface area (Å²) in [6.45, 7) is 0. The highest BCUT2D eigenvalue weighted by Crippen LogP contribution is 2.20. The highest BCUT2D eigenvalue weighted by atomic mass is 16.1. The maximum Gasteiger partial charge on any atom is 0.221 e. The number of nitrogens with zero attached hydrogens (tertiary/aromatic N) is 1. The van der Waals surface area contributed by atoms with Crippen molar-refractivity contribution in [1.82, 2.24) is 9.97 Å².